The quantitative estimate of drug-likeness (QED) is 0.539. The van der Waals surface area contributed by atoms with Crippen molar-refractivity contribution >= 4 is 17.7 Å². The molecule has 31 heavy (non-hydrogen) atoms. The summed E-state index contributed by atoms with van der Waals surface area (Å²) in [6.07, 6.45) is 1.71. The Bertz CT molecular complexity index is 1040. The normalized spacial score (nSPS) is 14.7. The molecule has 1 fully saturated rings. The number of benzene rings is 1. The van der Waals surface area contributed by atoms with Gasteiger partial charge in [-0.15, -0.1) is 11.8 Å². The monoisotopic (exact) mass is 440 g/mol. The first-order valence-corrected chi connectivity index (χ1v) is 11.3. The lowest BCUT2D eigenvalue weighted by Gasteiger charge is -2.35. The van der Waals surface area contributed by atoms with Crippen molar-refractivity contribution in [2.24, 2.45) is 0 Å². The van der Waals surface area contributed by atoms with Crippen molar-refractivity contribution in [1.82, 2.24) is 19.9 Å². The molecule has 1 aromatic carbocycles. The predicted molar refractivity (Wildman–Crippen MR) is 117 cm³/mol. The number of carbonyl (C=O) groups is 1. The van der Waals surface area contributed by atoms with Gasteiger partial charge in [0.05, 0.1) is 11.3 Å². The van der Waals surface area contributed by atoms with Crippen molar-refractivity contribution in [2.45, 2.75) is 31.2 Å². The predicted octanol–water partition coefficient (Wildman–Crippen LogP) is 4.08. The molecule has 0 N–H and O–H groups in total. The first-order valence-electron chi connectivity index (χ1n) is 10.3. The van der Waals surface area contributed by atoms with Crippen LogP contribution in [0, 0.1) is 19.7 Å². The number of nitrogens with zero attached hydrogens (tertiary/aromatic N) is 4. The lowest BCUT2D eigenvalue weighted by Crippen LogP contribution is -2.48. The molecule has 1 aliphatic heterocycles. The molecule has 1 aliphatic rings. The van der Waals surface area contributed by atoms with Gasteiger partial charge in [0.1, 0.15) is 16.6 Å². The largest absolute Gasteiger partial charge is 0.361 e. The number of carbonyl (C=O) groups excluding carboxylic acids is 1. The highest BCUT2D eigenvalue weighted by molar-refractivity contribution is 7.98. The van der Waals surface area contributed by atoms with Gasteiger partial charge < -0.3 is 9.42 Å². The number of thioether (sulfide) groups is 1. The molecule has 0 unspecified atom stereocenters. The van der Waals surface area contributed by atoms with Crippen LogP contribution in [0.25, 0.3) is 0 Å². The molecule has 162 valence electrons. The summed E-state index contributed by atoms with van der Waals surface area (Å²) >= 11 is 1.52. The van der Waals surface area contributed by atoms with Crippen LogP contribution in [-0.2, 0) is 12.3 Å². The molecule has 0 spiro atoms. The van der Waals surface area contributed by atoms with Gasteiger partial charge in [0.25, 0.3) is 5.91 Å². The summed E-state index contributed by atoms with van der Waals surface area (Å²) in [5.74, 6) is 1.24. The van der Waals surface area contributed by atoms with E-state index in [0.717, 1.165) is 17.0 Å². The highest BCUT2D eigenvalue weighted by Crippen LogP contribution is 2.28. The van der Waals surface area contributed by atoms with Gasteiger partial charge in [-0.25, -0.2) is 9.37 Å². The number of pyridine rings is 1. The first-order chi connectivity index (χ1) is 15.0. The summed E-state index contributed by atoms with van der Waals surface area (Å²) in [6, 6.07) is 10.5. The van der Waals surface area contributed by atoms with Crippen molar-refractivity contribution in [1.29, 1.82) is 0 Å². The van der Waals surface area contributed by atoms with Gasteiger partial charge in [0.2, 0.25) is 0 Å². The summed E-state index contributed by atoms with van der Waals surface area (Å²) in [5, 5.41) is 4.70. The number of piperazine rings is 1. The first kappa shape index (κ1) is 21.5. The Labute approximate surface area is 185 Å². The Morgan fingerprint density at radius 1 is 1.13 bits per heavy atom. The van der Waals surface area contributed by atoms with Crippen LogP contribution in [0.2, 0.25) is 0 Å². The molecule has 0 saturated carbocycles. The zero-order valence-corrected chi connectivity index (χ0v) is 18.5. The molecule has 2 aromatic heterocycles. The summed E-state index contributed by atoms with van der Waals surface area (Å²) in [7, 11) is 0. The number of hydrogen-bond donors (Lipinski definition) is 0. The zero-order chi connectivity index (χ0) is 21.8. The summed E-state index contributed by atoms with van der Waals surface area (Å²) in [5.41, 5.74) is 3.20. The topological polar surface area (TPSA) is 62.5 Å². The van der Waals surface area contributed by atoms with Crippen LogP contribution in [0.5, 0.6) is 0 Å². The standard InChI is InChI=1S/C23H25FN4O2S/c1-16-20(17(2)30-26-16)15-31-22-19(7-5-9-25-22)23(29)28-12-10-27(11-13-28)14-18-6-3-4-8-21(18)24/h3-9H,10-15H2,1-2H3. The molecule has 0 atom stereocenters. The highest BCUT2D eigenvalue weighted by Gasteiger charge is 2.25. The second kappa shape index (κ2) is 9.62. The number of halogens is 1. The minimum Gasteiger partial charge on any atom is -0.361 e. The molecule has 0 bridgehead atoms. The fourth-order valence-electron chi connectivity index (χ4n) is 3.66. The summed E-state index contributed by atoms with van der Waals surface area (Å²) in [4.78, 5) is 21.7. The fourth-order valence-corrected chi connectivity index (χ4v) is 4.80. The second-order valence-electron chi connectivity index (χ2n) is 7.61. The molecule has 4 rings (SSSR count). The van der Waals surface area contributed by atoms with Crippen LogP contribution in [0.3, 0.4) is 0 Å². The maximum atomic E-state index is 13.9. The third-order valence-corrected chi connectivity index (χ3v) is 6.58. The smallest absolute Gasteiger partial charge is 0.256 e. The van der Waals surface area contributed by atoms with Crippen molar-refractivity contribution < 1.29 is 13.7 Å². The molecule has 1 saturated heterocycles. The van der Waals surface area contributed by atoms with Gasteiger partial charge >= 0.3 is 0 Å². The zero-order valence-electron chi connectivity index (χ0n) is 17.7. The fraction of sp³-hybridized carbons (Fsp3) is 0.348. The Hall–Kier alpha value is -2.71. The van der Waals surface area contributed by atoms with E-state index in [0.29, 0.717) is 54.6 Å². The lowest BCUT2D eigenvalue weighted by atomic mass is 10.1. The average Bonchev–Trinajstić information content (AvgIpc) is 3.11. The van der Waals surface area contributed by atoms with Crippen LogP contribution in [-0.4, -0.2) is 52.0 Å². The van der Waals surface area contributed by atoms with Crippen molar-refractivity contribution in [3.63, 3.8) is 0 Å². The Kier molecular flexibility index (Phi) is 6.67. The minimum absolute atomic E-state index is 0.0140. The van der Waals surface area contributed by atoms with Crippen LogP contribution in [0.4, 0.5) is 4.39 Å². The Morgan fingerprint density at radius 2 is 1.90 bits per heavy atom. The number of rotatable bonds is 6. The molecule has 3 aromatic rings. The molecule has 8 heteroatoms. The van der Waals surface area contributed by atoms with Gasteiger partial charge in [-0.2, -0.15) is 0 Å². The minimum atomic E-state index is -0.184. The average molecular weight is 441 g/mol. The molecule has 6 nitrogen and oxygen atoms in total. The number of hydrogen-bond acceptors (Lipinski definition) is 6. The molecule has 1 amide bonds. The number of aromatic nitrogens is 2. The van der Waals surface area contributed by atoms with Gasteiger partial charge in [-0.1, -0.05) is 23.4 Å². The van der Waals surface area contributed by atoms with E-state index < -0.39 is 0 Å². The van der Waals surface area contributed by atoms with E-state index in [-0.39, 0.29) is 11.7 Å². The van der Waals surface area contributed by atoms with E-state index in [1.54, 1.807) is 18.3 Å². The SMILES string of the molecule is Cc1noc(C)c1CSc1ncccc1C(=O)N1CCN(Cc2ccccc2F)CC1. The van der Waals surface area contributed by atoms with Crippen LogP contribution in [0.15, 0.2) is 52.1 Å². The maximum Gasteiger partial charge on any atom is 0.256 e. The van der Waals surface area contributed by atoms with E-state index >= 15 is 0 Å². The van der Waals surface area contributed by atoms with E-state index in [1.807, 2.05) is 36.9 Å². The Morgan fingerprint density at radius 3 is 2.61 bits per heavy atom. The van der Waals surface area contributed by atoms with Crippen molar-refractivity contribution in [2.75, 3.05) is 26.2 Å². The van der Waals surface area contributed by atoms with Crippen LogP contribution in [0.1, 0.15) is 32.9 Å². The molecule has 0 aliphatic carbocycles. The molecular formula is C23H25FN4O2S. The highest BCUT2D eigenvalue weighted by atomic mass is 32.2. The number of aryl methyl sites for hydroxylation is 2. The van der Waals surface area contributed by atoms with Crippen molar-refractivity contribution in [3.05, 3.63) is 76.6 Å². The molecule has 0 radical (unpaired) electrons. The van der Waals surface area contributed by atoms with E-state index in [2.05, 4.69) is 15.0 Å². The van der Waals surface area contributed by atoms with Crippen LogP contribution < -0.4 is 0 Å². The summed E-state index contributed by atoms with van der Waals surface area (Å²) in [6.45, 7) is 7.00. The van der Waals surface area contributed by atoms with Gasteiger partial charge in [-0.05, 0) is 32.0 Å². The van der Waals surface area contributed by atoms with Gasteiger partial charge in [0, 0.05) is 55.8 Å². The Balaban J connectivity index is 1.38. The molecule has 3 heterocycles. The third kappa shape index (κ3) is 4.97. The van der Waals surface area contributed by atoms with Gasteiger partial charge in [0.15, 0.2) is 0 Å². The second-order valence-corrected chi connectivity index (χ2v) is 8.57. The van der Waals surface area contributed by atoms with E-state index in [4.69, 9.17) is 4.52 Å². The molecular weight excluding hydrogens is 415 g/mol. The van der Waals surface area contributed by atoms with Gasteiger partial charge in [-0.3, -0.25) is 9.69 Å². The van der Waals surface area contributed by atoms with Crippen molar-refractivity contribution in [3.8, 4) is 0 Å². The maximum absolute atomic E-state index is 13.9. The lowest BCUT2D eigenvalue weighted by molar-refractivity contribution is 0.0623. The van der Waals surface area contributed by atoms with Crippen LogP contribution >= 0.6 is 11.8 Å². The van der Waals surface area contributed by atoms with E-state index in [1.165, 1.54) is 17.8 Å². The van der Waals surface area contributed by atoms with E-state index in [9.17, 15) is 9.18 Å². The number of amides is 1. The third-order valence-electron chi connectivity index (χ3n) is 5.55. The summed E-state index contributed by atoms with van der Waals surface area (Å²) < 4.78 is 19.2.